The van der Waals surface area contributed by atoms with Gasteiger partial charge >= 0.3 is 6.09 Å². The third-order valence-electron chi connectivity index (χ3n) is 6.29. The summed E-state index contributed by atoms with van der Waals surface area (Å²) in [5, 5.41) is 8.75. The second kappa shape index (κ2) is 9.34. The molecule has 0 unspecified atom stereocenters. The second-order valence-corrected chi connectivity index (χ2v) is 8.81. The largest absolute Gasteiger partial charge is 0.493 e. The fourth-order valence-corrected chi connectivity index (χ4v) is 4.63. The zero-order valence-corrected chi connectivity index (χ0v) is 20.2. The number of nitrogens with zero attached hydrogens (tertiary/aromatic N) is 5. The van der Waals surface area contributed by atoms with Crippen LogP contribution in [0.1, 0.15) is 13.8 Å². The maximum atomic E-state index is 13.2. The van der Waals surface area contributed by atoms with E-state index in [1.54, 1.807) is 28.8 Å². The van der Waals surface area contributed by atoms with E-state index in [4.69, 9.17) is 9.47 Å². The Kier molecular flexibility index (Phi) is 6.08. The number of fused-ring (bicyclic) bond motifs is 1. The average Bonchev–Trinajstić information content (AvgIpc) is 3.25. The summed E-state index contributed by atoms with van der Waals surface area (Å²) >= 11 is 0. The molecule has 0 radical (unpaired) electrons. The number of hydrogen-bond donors (Lipinski definition) is 1. The number of rotatable bonds is 4. The summed E-state index contributed by atoms with van der Waals surface area (Å²) in [6.45, 7) is 5.44. The fraction of sp³-hybridized carbons (Fsp3) is 0.308. The number of methoxy groups -OCH3 is 1. The standard InChI is InChI=1S/C26H28N6O3/c1-16-12-27-13-17(2)32(16)26(33)35-23-10-19-21(11-22(23)34-4)28-15-29-25(19)20-14-31(3)30-24(20)18-8-6-5-7-9-18/h5-11,14-17,27H,12-13H2,1-4H3/t16-,17-/m0/s1. The molecule has 3 heterocycles. The van der Waals surface area contributed by atoms with E-state index in [1.807, 2.05) is 57.4 Å². The molecule has 2 aromatic carbocycles. The van der Waals surface area contributed by atoms with Gasteiger partial charge in [0.2, 0.25) is 0 Å². The van der Waals surface area contributed by atoms with Crippen LogP contribution in [0.15, 0.2) is 55.0 Å². The van der Waals surface area contributed by atoms with E-state index >= 15 is 0 Å². The SMILES string of the molecule is COc1cc2ncnc(-c3cn(C)nc3-c3ccccc3)c2cc1OC(=O)N1[C@@H](C)CNC[C@@H]1C. The molecule has 1 amide bonds. The predicted octanol–water partition coefficient (Wildman–Crippen LogP) is 3.89. The number of nitrogens with one attached hydrogen (secondary N) is 1. The lowest BCUT2D eigenvalue weighted by atomic mass is 10.0. The Morgan fingerprint density at radius 3 is 2.49 bits per heavy atom. The monoisotopic (exact) mass is 472 g/mol. The minimum Gasteiger partial charge on any atom is -0.493 e. The number of ether oxygens (including phenoxy) is 2. The Bertz CT molecular complexity index is 1360. The summed E-state index contributed by atoms with van der Waals surface area (Å²) in [7, 11) is 3.43. The zero-order valence-electron chi connectivity index (χ0n) is 20.2. The first-order valence-corrected chi connectivity index (χ1v) is 11.6. The first kappa shape index (κ1) is 22.8. The molecule has 0 bridgehead atoms. The molecule has 9 nitrogen and oxygen atoms in total. The molecule has 1 N–H and O–H groups in total. The maximum absolute atomic E-state index is 13.2. The summed E-state index contributed by atoms with van der Waals surface area (Å²) in [4.78, 5) is 24.0. The summed E-state index contributed by atoms with van der Waals surface area (Å²) < 4.78 is 13.2. The third kappa shape index (κ3) is 4.30. The van der Waals surface area contributed by atoms with E-state index in [1.165, 1.54) is 6.33 Å². The number of carbonyl (C=O) groups is 1. The van der Waals surface area contributed by atoms with Crippen LogP contribution >= 0.6 is 0 Å². The van der Waals surface area contributed by atoms with Gasteiger partial charge in [-0.15, -0.1) is 0 Å². The van der Waals surface area contributed by atoms with E-state index in [-0.39, 0.29) is 12.1 Å². The Balaban J connectivity index is 1.60. The summed E-state index contributed by atoms with van der Waals surface area (Å²) in [5.74, 6) is 0.754. The van der Waals surface area contributed by atoms with Gasteiger partial charge in [-0.3, -0.25) is 9.58 Å². The normalized spacial score (nSPS) is 18.0. The van der Waals surface area contributed by atoms with Crippen molar-refractivity contribution in [1.82, 2.24) is 30.0 Å². The minimum atomic E-state index is -0.408. The van der Waals surface area contributed by atoms with Crippen molar-refractivity contribution in [3.8, 4) is 34.0 Å². The Labute approximate surface area is 203 Å². The van der Waals surface area contributed by atoms with Crippen LogP contribution in [0.4, 0.5) is 4.79 Å². The van der Waals surface area contributed by atoms with E-state index in [0.717, 1.165) is 35.3 Å². The number of amides is 1. The average molecular weight is 473 g/mol. The number of aromatic nitrogens is 4. The van der Waals surface area contributed by atoms with Gasteiger partial charge in [0.15, 0.2) is 11.5 Å². The lowest BCUT2D eigenvalue weighted by Crippen LogP contribution is -2.57. The van der Waals surface area contributed by atoms with Crippen molar-refractivity contribution in [2.24, 2.45) is 7.05 Å². The Hall–Kier alpha value is -3.98. The van der Waals surface area contributed by atoms with E-state index in [0.29, 0.717) is 22.7 Å². The van der Waals surface area contributed by atoms with Crippen molar-refractivity contribution in [3.05, 3.63) is 55.0 Å². The van der Waals surface area contributed by atoms with Gasteiger partial charge in [-0.2, -0.15) is 5.10 Å². The predicted molar refractivity (Wildman–Crippen MR) is 133 cm³/mol. The van der Waals surface area contributed by atoms with Crippen LogP contribution in [0.25, 0.3) is 33.4 Å². The van der Waals surface area contributed by atoms with Crippen LogP contribution < -0.4 is 14.8 Å². The van der Waals surface area contributed by atoms with Crippen LogP contribution in [0.2, 0.25) is 0 Å². The highest BCUT2D eigenvalue weighted by molar-refractivity contribution is 5.97. The van der Waals surface area contributed by atoms with E-state index in [9.17, 15) is 4.79 Å². The quantitative estimate of drug-likeness (QED) is 0.482. The molecule has 5 rings (SSSR count). The van der Waals surface area contributed by atoms with Crippen molar-refractivity contribution in [1.29, 1.82) is 0 Å². The van der Waals surface area contributed by atoms with Crippen molar-refractivity contribution in [2.45, 2.75) is 25.9 Å². The highest BCUT2D eigenvalue weighted by Crippen LogP contribution is 2.38. The third-order valence-corrected chi connectivity index (χ3v) is 6.29. The van der Waals surface area contributed by atoms with Crippen LogP contribution in [-0.4, -0.2) is 63.0 Å². The lowest BCUT2D eigenvalue weighted by Gasteiger charge is -2.38. The Morgan fingerprint density at radius 1 is 1.03 bits per heavy atom. The van der Waals surface area contributed by atoms with Gasteiger partial charge in [0.1, 0.15) is 12.0 Å². The Morgan fingerprint density at radius 2 is 1.77 bits per heavy atom. The summed E-state index contributed by atoms with van der Waals surface area (Å²) in [6.07, 6.45) is 3.05. The first-order valence-electron chi connectivity index (χ1n) is 11.6. The van der Waals surface area contributed by atoms with Crippen LogP contribution in [0.5, 0.6) is 11.5 Å². The highest BCUT2D eigenvalue weighted by atomic mass is 16.6. The van der Waals surface area contributed by atoms with Crippen LogP contribution in [-0.2, 0) is 7.05 Å². The number of carbonyl (C=O) groups excluding carboxylic acids is 1. The molecule has 2 atom stereocenters. The van der Waals surface area contributed by atoms with Crippen molar-refractivity contribution in [2.75, 3.05) is 20.2 Å². The molecule has 0 aliphatic carbocycles. The van der Waals surface area contributed by atoms with Gasteiger partial charge in [0.05, 0.1) is 18.3 Å². The number of piperazine rings is 1. The molecular weight excluding hydrogens is 444 g/mol. The molecule has 1 aliphatic heterocycles. The van der Waals surface area contributed by atoms with Gasteiger partial charge in [-0.25, -0.2) is 14.8 Å². The van der Waals surface area contributed by atoms with Gasteiger partial charge in [0.25, 0.3) is 0 Å². The second-order valence-electron chi connectivity index (χ2n) is 8.81. The smallest absolute Gasteiger partial charge is 0.415 e. The summed E-state index contributed by atoms with van der Waals surface area (Å²) in [6, 6.07) is 13.5. The minimum absolute atomic E-state index is 0.0143. The topological polar surface area (TPSA) is 94.4 Å². The molecular formula is C26H28N6O3. The van der Waals surface area contributed by atoms with E-state index in [2.05, 4.69) is 20.4 Å². The first-order chi connectivity index (χ1) is 17.0. The number of benzene rings is 2. The van der Waals surface area contributed by atoms with Crippen LogP contribution in [0, 0.1) is 0 Å². The molecule has 0 saturated carbocycles. The number of hydrogen-bond acceptors (Lipinski definition) is 7. The van der Waals surface area contributed by atoms with Gasteiger partial charge in [-0.1, -0.05) is 30.3 Å². The summed E-state index contributed by atoms with van der Waals surface area (Å²) in [5.41, 5.74) is 4.03. The fourth-order valence-electron chi connectivity index (χ4n) is 4.63. The molecule has 9 heteroatoms. The van der Waals surface area contributed by atoms with Gasteiger partial charge in [-0.05, 0) is 19.9 Å². The molecule has 2 aromatic heterocycles. The van der Waals surface area contributed by atoms with Crippen molar-refractivity contribution in [3.63, 3.8) is 0 Å². The highest BCUT2D eigenvalue weighted by Gasteiger charge is 2.31. The number of aryl methyl sites for hydroxylation is 1. The molecule has 1 aliphatic rings. The van der Waals surface area contributed by atoms with Crippen molar-refractivity contribution < 1.29 is 14.3 Å². The maximum Gasteiger partial charge on any atom is 0.415 e. The van der Waals surface area contributed by atoms with Crippen LogP contribution in [0.3, 0.4) is 0 Å². The zero-order chi connectivity index (χ0) is 24.5. The molecule has 1 fully saturated rings. The van der Waals surface area contributed by atoms with Gasteiger partial charge in [0, 0.05) is 61.0 Å². The molecule has 35 heavy (non-hydrogen) atoms. The molecule has 4 aromatic rings. The lowest BCUT2D eigenvalue weighted by molar-refractivity contribution is 0.0961. The van der Waals surface area contributed by atoms with E-state index < -0.39 is 6.09 Å². The molecule has 180 valence electrons. The van der Waals surface area contributed by atoms with Gasteiger partial charge < -0.3 is 14.8 Å². The molecule has 0 spiro atoms. The van der Waals surface area contributed by atoms with Crippen molar-refractivity contribution >= 4 is 17.0 Å². The molecule has 1 saturated heterocycles.